The molecule has 0 spiro atoms. The zero-order valence-electron chi connectivity index (χ0n) is 14.0. The summed E-state index contributed by atoms with van der Waals surface area (Å²) in [6.07, 6.45) is 2.71. The maximum absolute atomic E-state index is 12.8. The Bertz CT molecular complexity index is 623. The van der Waals surface area contributed by atoms with Gasteiger partial charge >= 0.3 is 0 Å². The molecule has 0 aromatic heterocycles. The molecule has 2 aliphatic rings. The van der Waals surface area contributed by atoms with E-state index in [9.17, 15) is 9.32 Å². The van der Waals surface area contributed by atoms with E-state index >= 15 is 0 Å². The molecular formula is C17H26N2O2S. The predicted octanol–water partition coefficient (Wildman–Crippen LogP) is 3.21. The molecule has 2 atom stereocenters. The van der Waals surface area contributed by atoms with E-state index in [2.05, 4.69) is 31.1 Å². The van der Waals surface area contributed by atoms with Gasteiger partial charge in [-0.15, -0.1) is 0 Å². The molecule has 2 unspecified atom stereocenters. The lowest BCUT2D eigenvalue weighted by Gasteiger charge is -2.34. The van der Waals surface area contributed by atoms with Crippen molar-refractivity contribution in [1.82, 2.24) is 10.6 Å². The van der Waals surface area contributed by atoms with Crippen LogP contribution in [0.1, 0.15) is 41.0 Å². The molecule has 5 heteroatoms. The molecule has 0 aliphatic carbocycles. The van der Waals surface area contributed by atoms with Crippen LogP contribution in [0.15, 0.2) is 46.0 Å². The standard InChI is InChI=1S/C17H26N2O2S/c1-7-12-15(11(4)20)19-13-8-17(5,6)9-22(21)16(13)14(18-12)10(2)3/h7,14,18-20H,2,8-9H2,1,3-6H3/b12-7+,15-11-. The zero-order chi connectivity index (χ0) is 16.7. The Balaban J connectivity index is 2.63. The van der Waals surface area contributed by atoms with Crippen molar-refractivity contribution >= 4 is 10.8 Å². The molecule has 2 rings (SSSR count). The lowest BCUT2D eigenvalue weighted by molar-refractivity contribution is 0.390. The van der Waals surface area contributed by atoms with Gasteiger partial charge in [0.25, 0.3) is 0 Å². The quantitative estimate of drug-likeness (QED) is 0.512. The van der Waals surface area contributed by atoms with Crippen LogP contribution >= 0.6 is 0 Å². The Labute approximate surface area is 135 Å². The van der Waals surface area contributed by atoms with Crippen molar-refractivity contribution in [3.63, 3.8) is 0 Å². The Morgan fingerprint density at radius 3 is 2.59 bits per heavy atom. The Kier molecular flexibility index (Phi) is 4.57. The molecule has 22 heavy (non-hydrogen) atoms. The van der Waals surface area contributed by atoms with Crippen LogP contribution in [0.4, 0.5) is 0 Å². The van der Waals surface area contributed by atoms with Gasteiger partial charge in [0.05, 0.1) is 33.1 Å². The molecule has 0 saturated heterocycles. The summed E-state index contributed by atoms with van der Waals surface area (Å²) in [5, 5.41) is 16.7. The molecule has 2 aliphatic heterocycles. The fourth-order valence-electron chi connectivity index (χ4n) is 2.97. The van der Waals surface area contributed by atoms with Gasteiger partial charge in [-0.1, -0.05) is 32.1 Å². The van der Waals surface area contributed by atoms with E-state index in [0.717, 1.165) is 28.3 Å². The molecular weight excluding hydrogens is 296 g/mol. The smallest absolute Gasteiger partial charge is 0.115 e. The monoisotopic (exact) mass is 322 g/mol. The third kappa shape index (κ3) is 3.14. The third-order valence-electron chi connectivity index (χ3n) is 3.97. The first-order valence-corrected chi connectivity index (χ1v) is 8.85. The van der Waals surface area contributed by atoms with Crippen LogP contribution in [0.3, 0.4) is 0 Å². The van der Waals surface area contributed by atoms with Crippen molar-refractivity contribution in [3.8, 4) is 0 Å². The van der Waals surface area contributed by atoms with Crippen LogP contribution in [0.2, 0.25) is 0 Å². The first-order valence-electron chi connectivity index (χ1n) is 7.53. The first-order chi connectivity index (χ1) is 10.2. The van der Waals surface area contributed by atoms with Gasteiger partial charge in [-0.3, -0.25) is 4.21 Å². The van der Waals surface area contributed by atoms with Gasteiger partial charge in [-0.2, -0.15) is 0 Å². The normalized spacial score (nSPS) is 31.8. The van der Waals surface area contributed by atoms with E-state index in [1.807, 2.05) is 19.9 Å². The van der Waals surface area contributed by atoms with Crippen LogP contribution in [-0.2, 0) is 10.8 Å². The minimum absolute atomic E-state index is 0.0365. The Morgan fingerprint density at radius 1 is 1.45 bits per heavy atom. The molecule has 4 nitrogen and oxygen atoms in total. The number of aliphatic hydroxyl groups excluding tert-OH is 1. The van der Waals surface area contributed by atoms with Gasteiger partial charge in [0, 0.05) is 11.4 Å². The zero-order valence-corrected chi connectivity index (χ0v) is 14.9. The van der Waals surface area contributed by atoms with E-state index in [-0.39, 0.29) is 17.2 Å². The van der Waals surface area contributed by atoms with Crippen LogP contribution in [0, 0.1) is 5.41 Å². The highest BCUT2D eigenvalue weighted by molar-refractivity contribution is 7.89. The maximum atomic E-state index is 12.8. The second kappa shape index (κ2) is 5.95. The number of hydrogen-bond donors (Lipinski definition) is 3. The minimum atomic E-state index is -1.07. The highest BCUT2D eigenvalue weighted by atomic mass is 32.2. The summed E-state index contributed by atoms with van der Waals surface area (Å²) in [5.74, 6) is 0.852. The summed E-state index contributed by atoms with van der Waals surface area (Å²) in [6, 6.07) is -0.178. The van der Waals surface area contributed by atoms with Crippen molar-refractivity contribution < 1.29 is 9.32 Å². The maximum Gasteiger partial charge on any atom is 0.115 e. The van der Waals surface area contributed by atoms with E-state index in [0.29, 0.717) is 11.4 Å². The molecule has 0 fully saturated rings. The highest BCUT2D eigenvalue weighted by Gasteiger charge is 2.38. The number of allylic oxidation sites excluding steroid dienone is 3. The number of nitrogens with one attached hydrogen (secondary N) is 2. The first kappa shape index (κ1) is 16.9. The lowest BCUT2D eigenvalue weighted by Crippen LogP contribution is -2.38. The molecule has 2 heterocycles. The van der Waals surface area contributed by atoms with Crippen LogP contribution in [-0.4, -0.2) is 21.1 Å². The average Bonchev–Trinajstić information content (AvgIpc) is 2.53. The molecule has 0 aromatic carbocycles. The lowest BCUT2D eigenvalue weighted by atomic mass is 9.88. The van der Waals surface area contributed by atoms with E-state index in [1.54, 1.807) is 6.92 Å². The van der Waals surface area contributed by atoms with Gasteiger partial charge in [0.2, 0.25) is 0 Å². The number of rotatable bonds is 1. The van der Waals surface area contributed by atoms with Crippen LogP contribution in [0.25, 0.3) is 0 Å². The highest BCUT2D eigenvalue weighted by Crippen LogP contribution is 2.38. The molecule has 0 amide bonds. The Morgan fingerprint density at radius 2 is 2.09 bits per heavy atom. The molecule has 0 radical (unpaired) electrons. The van der Waals surface area contributed by atoms with E-state index in [4.69, 9.17) is 0 Å². The third-order valence-corrected chi connectivity index (χ3v) is 5.99. The van der Waals surface area contributed by atoms with Crippen LogP contribution in [0.5, 0.6) is 0 Å². The van der Waals surface area contributed by atoms with Gasteiger partial charge in [0.15, 0.2) is 0 Å². The summed E-state index contributed by atoms with van der Waals surface area (Å²) in [4.78, 5) is 0.863. The van der Waals surface area contributed by atoms with E-state index in [1.165, 1.54) is 0 Å². The molecule has 122 valence electrons. The minimum Gasteiger partial charge on any atom is -0.510 e. The SMILES string of the molecule is C=C(C)C1NC(=C/C)/C(=C(\C)O)NC2=C1S(=O)CC(C)(C)C2. The number of hydrogen-bond acceptors (Lipinski definition) is 4. The summed E-state index contributed by atoms with van der Waals surface area (Å²) in [5.41, 5.74) is 3.27. The topological polar surface area (TPSA) is 61.4 Å². The average molecular weight is 322 g/mol. The summed E-state index contributed by atoms with van der Waals surface area (Å²) in [6.45, 7) is 13.8. The fourth-order valence-corrected chi connectivity index (χ4v) is 4.86. The van der Waals surface area contributed by atoms with Crippen molar-refractivity contribution in [2.45, 2.75) is 47.1 Å². The second-order valence-electron chi connectivity index (χ2n) is 6.89. The van der Waals surface area contributed by atoms with Gasteiger partial charge < -0.3 is 15.7 Å². The summed E-state index contributed by atoms with van der Waals surface area (Å²) >= 11 is 0. The van der Waals surface area contributed by atoms with Crippen molar-refractivity contribution in [2.24, 2.45) is 5.41 Å². The van der Waals surface area contributed by atoms with Gasteiger partial charge in [-0.25, -0.2) is 0 Å². The summed E-state index contributed by atoms with van der Waals surface area (Å²) in [7, 11) is -1.07. The van der Waals surface area contributed by atoms with Crippen molar-refractivity contribution in [3.05, 3.63) is 46.0 Å². The van der Waals surface area contributed by atoms with E-state index < -0.39 is 10.8 Å². The Hall–Kier alpha value is -1.49. The largest absolute Gasteiger partial charge is 0.510 e. The fraction of sp³-hybridized carbons (Fsp3) is 0.529. The van der Waals surface area contributed by atoms with Crippen molar-refractivity contribution in [1.29, 1.82) is 0 Å². The molecule has 3 N–H and O–H groups in total. The molecule has 0 bridgehead atoms. The molecule has 0 aromatic rings. The van der Waals surface area contributed by atoms with Gasteiger partial charge in [-0.05, 0) is 32.6 Å². The van der Waals surface area contributed by atoms with Crippen molar-refractivity contribution in [2.75, 3.05) is 5.75 Å². The predicted molar refractivity (Wildman–Crippen MR) is 92.4 cm³/mol. The second-order valence-corrected chi connectivity index (χ2v) is 8.30. The summed E-state index contributed by atoms with van der Waals surface area (Å²) < 4.78 is 12.8. The van der Waals surface area contributed by atoms with Gasteiger partial charge in [0.1, 0.15) is 5.76 Å². The molecule has 0 saturated carbocycles. The number of aliphatic hydroxyl groups is 1. The van der Waals surface area contributed by atoms with Crippen LogP contribution < -0.4 is 10.6 Å².